The number of unbranched alkanes of at least 4 members (excludes halogenated alkanes) is 12. The number of rotatable bonds is 52. The van der Waals surface area contributed by atoms with Crippen LogP contribution in [0.4, 0.5) is 0 Å². The van der Waals surface area contributed by atoms with Crippen molar-refractivity contribution in [2.45, 2.75) is 225 Å². The van der Waals surface area contributed by atoms with Crippen molar-refractivity contribution >= 4 is 11.9 Å². The highest BCUT2D eigenvalue weighted by Crippen LogP contribution is 2.13. The van der Waals surface area contributed by atoms with Crippen molar-refractivity contribution < 1.29 is 24.2 Å². The molecule has 5 heteroatoms. The lowest BCUT2D eigenvalue weighted by atomic mass is 10.1. The molecule has 0 saturated heterocycles. The summed E-state index contributed by atoms with van der Waals surface area (Å²) in [6.45, 7) is 3.87. The minimum atomic E-state index is -0.804. The minimum Gasteiger partial charge on any atom is -0.462 e. The quantitative estimate of drug-likeness (QED) is 0.0373. The van der Waals surface area contributed by atoms with Crippen molar-refractivity contribution in [3.63, 3.8) is 0 Å². The molecule has 0 aromatic heterocycles. The van der Waals surface area contributed by atoms with Crippen LogP contribution in [-0.4, -0.2) is 36.4 Å². The molecule has 0 radical (unpaired) electrons. The third-order valence-corrected chi connectivity index (χ3v) is 11.9. The van der Waals surface area contributed by atoms with Gasteiger partial charge in [-0.2, -0.15) is 0 Å². The average molecular weight is 1040 g/mol. The Morgan fingerprint density at radius 3 is 0.789 bits per heavy atom. The van der Waals surface area contributed by atoms with Gasteiger partial charge in [-0.1, -0.05) is 260 Å². The Labute approximate surface area is 467 Å². The van der Waals surface area contributed by atoms with Crippen molar-refractivity contribution in [2.75, 3.05) is 13.2 Å². The molecular formula is C71H108O5. The third-order valence-electron chi connectivity index (χ3n) is 11.9. The van der Waals surface area contributed by atoms with Crippen LogP contribution >= 0.6 is 0 Å². The average Bonchev–Trinajstić information content (AvgIpc) is 3.42. The first kappa shape index (κ1) is 70.7. The van der Waals surface area contributed by atoms with E-state index in [1.165, 1.54) is 32.1 Å². The van der Waals surface area contributed by atoms with Crippen molar-refractivity contribution in [3.05, 3.63) is 194 Å². The van der Waals surface area contributed by atoms with Crippen LogP contribution in [0.2, 0.25) is 0 Å². The first-order chi connectivity index (χ1) is 37.6. The number of esters is 2. The molecule has 1 unspecified atom stereocenters. The highest BCUT2D eigenvalue weighted by Gasteiger charge is 2.16. The maximum Gasteiger partial charge on any atom is 0.306 e. The van der Waals surface area contributed by atoms with Gasteiger partial charge >= 0.3 is 11.9 Å². The molecule has 0 aliphatic rings. The highest BCUT2D eigenvalue weighted by atomic mass is 16.6. The van der Waals surface area contributed by atoms with E-state index in [-0.39, 0.29) is 25.2 Å². The maximum absolute atomic E-state index is 12.3. The summed E-state index contributed by atoms with van der Waals surface area (Å²) in [6, 6.07) is 0. The summed E-state index contributed by atoms with van der Waals surface area (Å²) in [5, 5.41) is 9.66. The summed E-state index contributed by atoms with van der Waals surface area (Å²) in [5.41, 5.74) is 0. The van der Waals surface area contributed by atoms with Gasteiger partial charge in [-0.3, -0.25) is 9.59 Å². The molecule has 0 aliphatic heterocycles. The van der Waals surface area contributed by atoms with Gasteiger partial charge in [-0.05, 0) is 141 Å². The summed E-state index contributed by atoms with van der Waals surface area (Å²) in [7, 11) is 0. The van der Waals surface area contributed by atoms with E-state index in [0.29, 0.717) is 12.8 Å². The lowest BCUT2D eigenvalue weighted by molar-refractivity contribution is -0.161. The number of allylic oxidation sites excluding steroid dienone is 32. The Morgan fingerprint density at radius 1 is 0.303 bits per heavy atom. The summed E-state index contributed by atoms with van der Waals surface area (Å²) >= 11 is 0. The molecule has 76 heavy (non-hydrogen) atoms. The molecule has 0 spiro atoms. The molecule has 0 aliphatic carbocycles. The number of hydrogen-bond donors (Lipinski definition) is 1. The van der Waals surface area contributed by atoms with E-state index < -0.39 is 6.10 Å². The van der Waals surface area contributed by atoms with E-state index >= 15 is 0 Å². The van der Waals surface area contributed by atoms with Crippen LogP contribution in [0.5, 0.6) is 0 Å². The van der Waals surface area contributed by atoms with Crippen LogP contribution in [0.25, 0.3) is 0 Å². The Balaban J connectivity index is 3.66. The van der Waals surface area contributed by atoms with E-state index in [1.54, 1.807) is 0 Å². The summed E-state index contributed by atoms with van der Waals surface area (Å²) in [6.07, 6.45) is 103. The number of aliphatic hydroxyl groups is 1. The maximum atomic E-state index is 12.3. The van der Waals surface area contributed by atoms with Crippen LogP contribution in [-0.2, 0) is 19.1 Å². The molecule has 0 bridgehead atoms. The fourth-order valence-corrected chi connectivity index (χ4v) is 7.47. The molecular weight excluding hydrogens is 933 g/mol. The molecule has 0 aromatic rings. The number of aliphatic hydroxyl groups excluding tert-OH is 1. The van der Waals surface area contributed by atoms with Crippen molar-refractivity contribution in [1.29, 1.82) is 0 Å². The van der Waals surface area contributed by atoms with Crippen LogP contribution in [0.15, 0.2) is 194 Å². The van der Waals surface area contributed by atoms with Gasteiger partial charge in [-0.25, -0.2) is 0 Å². The van der Waals surface area contributed by atoms with Crippen LogP contribution < -0.4 is 0 Å². The van der Waals surface area contributed by atoms with Gasteiger partial charge in [0.05, 0.1) is 6.61 Å². The largest absolute Gasteiger partial charge is 0.462 e. The van der Waals surface area contributed by atoms with E-state index in [1.807, 2.05) is 0 Å². The molecule has 1 atom stereocenters. The Bertz CT molecular complexity index is 1800. The van der Waals surface area contributed by atoms with Gasteiger partial charge < -0.3 is 14.6 Å². The summed E-state index contributed by atoms with van der Waals surface area (Å²) in [5.74, 6) is -0.645. The van der Waals surface area contributed by atoms with Crippen molar-refractivity contribution in [3.8, 4) is 0 Å². The fraction of sp³-hybridized carbons (Fsp3) is 0.521. The SMILES string of the molecule is CC/C=C\C/C=C\C/C=C\C/C=C\C/C=C\C/C=C\C/C=C\C/C=C\C/C=C\C/C=C\CCCCCCCCCCC(=O)OC(CO)COC(=O)CCCCCC/C=C\C/C=C\C/C=C\C/C=C\C/C=C\C/C=C\CC. The molecule has 0 heterocycles. The van der Waals surface area contributed by atoms with E-state index in [9.17, 15) is 14.7 Å². The molecule has 0 amide bonds. The molecule has 5 nitrogen and oxygen atoms in total. The molecule has 422 valence electrons. The van der Waals surface area contributed by atoms with Crippen LogP contribution in [0, 0.1) is 0 Å². The minimum absolute atomic E-state index is 0.0960. The normalized spacial score (nSPS) is 13.7. The van der Waals surface area contributed by atoms with Crippen molar-refractivity contribution in [2.24, 2.45) is 0 Å². The third kappa shape index (κ3) is 61.3. The molecule has 0 fully saturated rings. The lowest BCUT2D eigenvalue weighted by Gasteiger charge is -2.15. The predicted molar refractivity (Wildman–Crippen MR) is 333 cm³/mol. The Morgan fingerprint density at radius 2 is 0.526 bits per heavy atom. The number of carbonyl (C=O) groups excluding carboxylic acids is 2. The Kier molecular flexibility index (Phi) is 59.6. The highest BCUT2D eigenvalue weighted by molar-refractivity contribution is 5.70. The molecule has 0 aromatic carbocycles. The standard InChI is InChI=1S/C71H108O5/c1-3-5-7-9-11-13-15-17-19-21-23-25-27-28-29-30-31-32-33-34-35-36-37-38-39-40-41-42-44-46-48-50-52-54-56-58-60-62-64-66-71(74)76-69(67-72)68-75-70(73)65-63-61-59-57-55-53-51-49-47-45-43-26-24-22-20-18-16-14-12-10-8-6-4-2/h5-8,11-14,17-20,23-26,28-29,31-32,34-35,37-38,40-41,44-47,51,53,69,72H,3-4,9-10,15-16,21-22,27,30,33,36,39,42-43,48-50,52,54-68H2,1-2H3/b7-5-,8-6-,13-11-,14-12-,19-17-,20-18-,25-23-,26-24-,29-28-,32-31-,35-34-,38-37-,41-40-,46-44-,47-45-,53-51-. The van der Waals surface area contributed by atoms with E-state index in [2.05, 4.69) is 208 Å². The number of carbonyl (C=O) groups is 2. The van der Waals surface area contributed by atoms with Gasteiger partial charge in [0.15, 0.2) is 6.10 Å². The fourth-order valence-electron chi connectivity index (χ4n) is 7.47. The molecule has 1 N–H and O–H groups in total. The summed E-state index contributed by atoms with van der Waals surface area (Å²) < 4.78 is 10.7. The van der Waals surface area contributed by atoms with Crippen molar-refractivity contribution in [1.82, 2.24) is 0 Å². The van der Waals surface area contributed by atoms with Crippen LogP contribution in [0.1, 0.15) is 219 Å². The smallest absolute Gasteiger partial charge is 0.306 e. The second kappa shape index (κ2) is 64.0. The van der Waals surface area contributed by atoms with Gasteiger partial charge in [0.2, 0.25) is 0 Å². The van der Waals surface area contributed by atoms with Crippen LogP contribution in [0.3, 0.4) is 0 Å². The van der Waals surface area contributed by atoms with E-state index in [4.69, 9.17) is 9.47 Å². The van der Waals surface area contributed by atoms with Gasteiger partial charge in [0, 0.05) is 12.8 Å². The van der Waals surface area contributed by atoms with Gasteiger partial charge in [-0.15, -0.1) is 0 Å². The topological polar surface area (TPSA) is 72.8 Å². The van der Waals surface area contributed by atoms with E-state index in [0.717, 1.165) is 161 Å². The van der Waals surface area contributed by atoms with Gasteiger partial charge in [0.25, 0.3) is 0 Å². The Hall–Kier alpha value is -5.26. The lowest BCUT2D eigenvalue weighted by Crippen LogP contribution is -2.28. The zero-order valence-electron chi connectivity index (χ0n) is 48.2. The second-order valence-electron chi connectivity index (χ2n) is 19.0. The first-order valence-electron chi connectivity index (χ1n) is 30.0. The van der Waals surface area contributed by atoms with Gasteiger partial charge in [0.1, 0.15) is 6.61 Å². The summed E-state index contributed by atoms with van der Waals surface area (Å²) in [4.78, 5) is 24.5. The molecule has 0 saturated carbocycles. The monoisotopic (exact) mass is 1040 g/mol. The number of ether oxygens (including phenoxy) is 2. The molecule has 0 rings (SSSR count). The second-order valence-corrected chi connectivity index (χ2v) is 19.0. The number of hydrogen-bond acceptors (Lipinski definition) is 5. The first-order valence-corrected chi connectivity index (χ1v) is 30.0. The predicted octanol–water partition coefficient (Wildman–Crippen LogP) is 20.9. The zero-order chi connectivity index (χ0) is 54.8. The zero-order valence-corrected chi connectivity index (χ0v) is 48.2.